The molecule has 0 radical (unpaired) electrons. The third-order valence-electron chi connectivity index (χ3n) is 9.70. The second kappa shape index (κ2) is 10.6. The number of hydrogen-bond donors (Lipinski definition) is 5. The highest BCUT2D eigenvalue weighted by Crippen LogP contribution is 2.53. The number of carbonyl (C=O) groups excluding carboxylic acids is 3. The van der Waals surface area contributed by atoms with Crippen LogP contribution in [-0.2, 0) is 22.6 Å². The van der Waals surface area contributed by atoms with Crippen molar-refractivity contribution in [3.05, 3.63) is 75.8 Å². The van der Waals surface area contributed by atoms with E-state index >= 15 is 0 Å². The number of phenols is 1. The minimum atomic E-state index is -2.65. The fourth-order valence-electron chi connectivity index (χ4n) is 7.73. The molecule has 10 heteroatoms. The number of piperidine rings is 1. The maximum atomic E-state index is 14.0. The number of fused-ring (bicyclic) bond motifs is 3. The van der Waals surface area contributed by atoms with Crippen molar-refractivity contribution in [2.24, 2.45) is 17.6 Å². The molecular formula is C33H37N3O7. The predicted octanol–water partition coefficient (Wildman–Crippen LogP) is 2.77. The van der Waals surface area contributed by atoms with Gasteiger partial charge in [0.05, 0.1) is 11.6 Å². The van der Waals surface area contributed by atoms with E-state index in [4.69, 9.17) is 5.73 Å². The van der Waals surface area contributed by atoms with E-state index in [1.165, 1.54) is 25.3 Å². The second-order valence-corrected chi connectivity index (χ2v) is 12.5. The number of Topliss-reactive ketones (excluding diaryl/α,β-unsaturated/α-hetero) is 2. The highest BCUT2D eigenvalue weighted by atomic mass is 16.3. The summed E-state index contributed by atoms with van der Waals surface area (Å²) in [7, 11) is 3.22. The first-order valence-electron chi connectivity index (χ1n) is 14.8. The molecule has 1 amide bonds. The number of nitrogens with zero attached hydrogens (tertiary/aromatic N) is 2. The number of benzene rings is 2. The van der Waals surface area contributed by atoms with E-state index in [1.54, 1.807) is 25.1 Å². The molecule has 4 aliphatic rings. The number of allylic oxidation sites excluding steroid dienone is 1. The lowest BCUT2D eigenvalue weighted by Gasteiger charge is -2.50. The number of primary amides is 1. The van der Waals surface area contributed by atoms with Gasteiger partial charge in [-0.25, -0.2) is 0 Å². The molecule has 6 N–H and O–H groups in total. The van der Waals surface area contributed by atoms with Crippen LogP contribution in [-0.4, -0.2) is 86.5 Å². The number of hydrogen-bond acceptors (Lipinski definition) is 9. The van der Waals surface area contributed by atoms with Gasteiger partial charge in [-0.2, -0.15) is 0 Å². The van der Waals surface area contributed by atoms with E-state index in [-0.39, 0.29) is 29.7 Å². The molecule has 226 valence electrons. The molecule has 6 rings (SSSR count). The fraction of sp³-hybridized carbons (Fsp3) is 0.424. The average Bonchev–Trinajstić information content (AvgIpc) is 2.95. The smallest absolute Gasteiger partial charge is 0.255 e. The summed E-state index contributed by atoms with van der Waals surface area (Å²) in [6, 6.07) is 10.3. The van der Waals surface area contributed by atoms with Gasteiger partial charge in [0, 0.05) is 18.0 Å². The van der Waals surface area contributed by atoms with Gasteiger partial charge in [-0.1, -0.05) is 30.7 Å². The van der Waals surface area contributed by atoms with Crippen LogP contribution in [0, 0.1) is 11.8 Å². The van der Waals surface area contributed by atoms with Crippen molar-refractivity contribution < 1.29 is 34.8 Å². The second-order valence-electron chi connectivity index (χ2n) is 12.5. The predicted molar refractivity (Wildman–Crippen MR) is 158 cm³/mol. The van der Waals surface area contributed by atoms with Crippen LogP contribution in [0.2, 0.25) is 0 Å². The Bertz CT molecular complexity index is 1600. The minimum Gasteiger partial charge on any atom is -0.510 e. The number of rotatable bonds is 5. The highest BCUT2D eigenvalue weighted by molar-refractivity contribution is 6.24. The number of phenolic OH excluding ortho intramolecular Hbond substituents is 1. The van der Waals surface area contributed by atoms with Crippen molar-refractivity contribution in [1.82, 2.24) is 9.80 Å². The first-order chi connectivity index (χ1) is 20.4. The molecule has 0 bridgehead atoms. The molecule has 0 unspecified atom stereocenters. The van der Waals surface area contributed by atoms with Crippen molar-refractivity contribution in [1.29, 1.82) is 0 Å². The quantitative estimate of drug-likeness (QED) is 0.331. The largest absolute Gasteiger partial charge is 0.510 e. The van der Waals surface area contributed by atoms with Gasteiger partial charge in [-0.15, -0.1) is 0 Å². The number of carbonyl (C=O) groups is 3. The molecule has 2 aromatic carbocycles. The third-order valence-corrected chi connectivity index (χ3v) is 9.70. The SMILES string of the molecule is CN(C)[C@@H]1C(O)=C(C(N)=O)C(=O)[C@@]2(O)C(O)=C3C(=O)c4c(O)ccc(-c5cccc(CN6CCCCC6)c5)c4C[C@H]3C[C@@H]12. The molecule has 0 aromatic heterocycles. The summed E-state index contributed by atoms with van der Waals surface area (Å²) in [5.74, 6) is -6.57. The van der Waals surface area contributed by atoms with Crippen LogP contribution in [0.4, 0.5) is 0 Å². The number of aliphatic hydroxyl groups is 3. The van der Waals surface area contributed by atoms with Crippen molar-refractivity contribution in [2.75, 3.05) is 27.2 Å². The van der Waals surface area contributed by atoms with Crippen LogP contribution in [0.5, 0.6) is 5.75 Å². The molecule has 10 nitrogen and oxygen atoms in total. The summed E-state index contributed by atoms with van der Waals surface area (Å²) in [5, 5.41) is 45.2. The maximum Gasteiger partial charge on any atom is 0.255 e. The van der Waals surface area contributed by atoms with Gasteiger partial charge in [0.2, 0.25) is 5.78 Å². The van der Waals surface area contributed by atoms with Crippen LogP contribution < -0.4 is 5.73 Å². The Morgan fingerprint density at radius 3 is 2.47 bits per heavy atom. The first-order valence-corrected chi connectivity index (χ1v) is 14.8. The number of aromatic hydroxyl groups is 1. The summed E-state index contributed by atoms with van der Waals surface area (Å²) in [6.07, 6.45) is 3.92. The number of ketones is 2. The lowest BCUT2D eigenvalue weighted by molar-refractivity contribution is -0.148. The molecule has 1 heterocycles. The van der Waals surface area contributed by atoms with Gasteiger partial charge in [0.15, 0.2) is 11.4 Å². The third kappa shape index (κ3) is 4.47. The van der Waals surface area contributed by atoms with E-state index in [2.05, 4.69) is 17.0 Å². The van der Waals surface area contributed by atoms with Crippen LogP contribution in [0.25, 0.3) is 11.1 Å². The Balaban J connectivity index is 1.45. The molecule has 1 saturated heterocycles. The molecule has 4 atom stereocenters. The number of nitrogens with two attached hydrogens (primary N) is 1. The van der Waals surface area contributed by atoms with Gasteiger partial charge in [0.25, 0.3) is 5.91 Å². The topological polar surface area (TPSA) is 165 Å². The van der Waals surface area contributed by atoms with Crippen molar-refractivity contribution in [3.63, 3.8) is 0 Å². The Morgan fingerprint density at radius 2 is 1.79 bits per heavy atom. The number of amides is 1. The summed E-state index contributed by atoms with van der Waals surface area (Å²) in [5.41, 5.74) is 5.23. The van der Waals surface area contributed by atoms with Gasteiger partial charge in [0.1, 0.15) is 22.8 Å². The van der Waals surface area contributed by atoms with E-state index in [1.807, 2.05) is 12.1 Å². The Labute approximate surface area is 249 Å². The zero-order valence-corrected chi connectivity index (χ0v) is 24.3. The number of aliphatic hydroxyl groups excluding tert-OH is 2. The van der Waals surface area contributed by atoms with Crippen molar-refractivity contribution in [2.45, 2.75) is 50.3 Å². The number of likely N-dealkylation sites (N-methyl/N-ethyl adjacent to an activating group) is 1. The molecule has 43 heavy (non-hydrogen) atoms. The Kier molecular flexibility index (Phi) is 7.19. The molecule has 1 fully saturated rings. The van der Waals surface area contributed by atoms with Gasteiger partial charge >= 0.3 is 0 Å². The van der Waals surface area contributed by atoms with Gasteiger partial charge < -0.3 is 26.2 Å². The van der Waals surface area contributed by atoms with E-state index in [0.717, 1.165) is 36.3 Å². The first kappa shape index (κ1) is 29.1. The lowest BCUT2D eigenvalue weighted by Crippen LogP contribution is -2.63. The molecule has 0 spiro atoms. The average molecular weight is 588 g/mol. The lowest BCUT2D eigenvalue weighted by atomic mass is 9.58. The molecular weight excluding hydrogens is 550 g/mol. The van der Waals surface area contributed by atoms with Crippen LogP contribution in [0.1, 0.15) is 47.2 Å². The number of likely N-dealkylation sites (tertiary alicyclic amines) is 1. The molecule has 0 saturated carbocycles. The normalized spacial score (nSPS) is 27.7. The van der Waals surface area contributed by atoms with Gasteiger partial charge in [-0.3, -0.25) is 24.2 Å². The zero-order valence-electron chi connectivity index (χ0n) is 24.3. The molecule has 3 aliphatic carbocycles. The van der Waals surface area contributed by atoms with E-state index < -0.39 is 58.0 Å². The van der Waals surface area contributed by atoms with E-state index in [9.17, 15) is 34.8 Å². The standard InChI is InChI=1S/C33H37N3O7/c1-35(2)27-22-15-19-14-21-20(18-8-6-7-17(13-18)16-36-11-4-3-5-12-36)9-10-23(37)25(21)28(38)24(19)30(40)33(22,43)31(41)26(29(27)39)32(34)42/h6-10,13,19,22,27,37,39-40,43H,3-5,11-12,14-16H2,1-2H3,(H2,34,42)/t19-,22-,27-,33-/m0/s1. The minimum absolute atomic E-state index is 0.0136. The highest BCUT2D eigenvalue weighted by Gasteiger charge is 2.63. The van der Waals surface area contributed by atoms with E-state index in [0.29, 0.717) is 5.56 Å². The Hall–Kier alpha value is -3.99. The summed E-state index contributed by atoms with van der Waals surface area (Å²) in [4.78, 5) is 43.7. The van der Waals surface area contributed by atoms with Crippen LogP contribution in [0.3, 0.4) is 0 Å². The monoisotopic (exact) mass is 587 g/mol. The summed E-state index contributed by atoms with van der Waals surface area (Å²) in [6.45, 7) is 2.94. The van der Waals surface area contributed by atoms with Crippen LogP contribution >= 0.6 is 0 Å². The maximum absolute atomic E-state index is 14.0. The van der Waals surface area contributed by atoms with Gasteiger partial charge in [-0.05, 0) is 93.2 Å². The van der Waals surface area contributed by atoms with Crippen molar-refractivity contribution in [3.8, 4) is 16.9 Å². The summed E-state index contributed by atoms with van der Waals surface area (Å²) >= 11 is 0. The fourth-order valence-corrected chi connectivity index (χ4v) is 7.73. The molecule has 1 aliphatic heterocycles. The molecule has 2 aromatic rings. The Morgan fingerprint density at radius 1 is 1.07 bits per heavy atom. The zero-order chi connectivity index (χ0) is 30.8. The summed E-state index contributed by atoms with van der Waals surface area (Å²) < 4.78 is 0. The van der Waals surface area contributed by atoms with Crippen molar-refractivity contribution >= 4 is 17.5 Å². The van der Waals surface area contributed by atoms with Crippen LogP contribution in [0.15, 0.2) is 59.1 Å².